The third-order valence-corrected chi connectivity index (χ3v) is 7.25. The fraction of sp³-hybridized carbons (Fsp3) is 0.364. The van der Waals surface area contributed by atoms with Crippen LogP contribution in [0.3, 0.4) is 0 Å². The van der Waals surface area contributed by atoms with Gasteiger partial charge in [-0.25, -0.2) is 12.8 Å². The Morgan fingerprint density at radius 3 is 2.44 bits per heavy atom. The summed E-state index contributed by atoms with van der Waals surface area (Å²) in [4.78, 5) is 27.6. The quantitative estimate of drug-likeness (QED) is 0.638. The van der Waals surface area contributed by atoms with Crippen molar-refractivity contribution < 1.29 is 27.1 Å². The van der Waals surface area contributed by atoms with E-state index in [4.69, 9.17) is 4.74 Å². The van der Waals surface area contributed by atoms with E-state index in [9.17, 15) is 22.4 Å². The lowest BCUT2D eigenvalue weighted by Gasteiger charge is -2.46. The van der Waals surface area contributed by atoms with E-state index < -0.39 is 33.2 Å². The zero-order chi connectivity index (χ0) is 23.4. The van der Waals surface area contributed by atoms with Gasteiger partial charge in [0.2, 0.25) is 21.8 Å². The van der Waals surface area contributed by atoms with Crippen LogP contribution in [0, 0.1) is 5.82 Å². The Morgan fingerprint density at radius 1 is 1.16 bits per heavy atom. The lowest BCUT2D eigenvalue weighted by Crippen LogP contribution is -2.70. The van der Waals surface area contributed by atoms with Crippen LogP contribution in [0.15, 0.2) is 59.5 Å². The number of nitrogens with one attached hydrogen (secondary N) is 1. The Labute approximate surface area is 187 Å². The van der Waals surface area contributed by atoms with Crippen LogP contribution < -0.4 is 5.32 Å². The Morgan fingerprint density at radius 2 is 1.81 bits per heavy atom. The molecule has 172 valence electrons. The molecule has 0 aliphatic carbocycles. The third-order valence-electron chi connectivity index (χ3n) is 5.45. The lowest BCUT2D eigenvalue weighted by atomic mass is 9.95. The smallest absolute Gasteiger partial charge is 0.247 e. The van der Waals surface area contributed by atoms with Crippen molar-refractivity contribution in [3.05, 3.63) is 66.0 Å². The number of hydrogen-bond donors (Lipinski definition) is 1. The first kappa shape index (κ1) is 23.8. The van der Waals surface area contributed by atoms with Crippen molar-refractivity contribution in [1.82, 2.24) is 14.5 Å². The van der Waals surface area contributed by atoms with Crippen molar-refractivity contribution >= 4 is 21.8 Å². The molecule has 2 amide bonds. The Bertz CT molecular complexity index is 1060. The normalized spacial score (nSPS) is 19.7. The molecule has 0 unspecified atom stereocenters. The number of piperazine rings is 1. The van der Waals surface area contributed by atoms with Crippen LogP contribution in [0.5, 0.6) is 0 Å². The summed E-state index contributed by atoms with van der Waals surface area (Å²) in [5, 5.41) is 2.75. The molecule has 10 heteroatoms. The Kier molecular flexibility index (Phi) is 7.27. The number of methoxy groups -OCH3 is 1. The number of nitrogens with zero attached hydrogens (tertiary/aromatic N) is 2. The minimum atomic E-state index is -3.98. The van der Waals surface area contributed by atoms with E-state index in [1.807, 2.05) is 0 Å². The third kappa shape index (κ3) is 4.98. The molecule has 3 rings (SSSR count). The number of benzene rings is 2. The predicted octanol–water partition coefficient (Wildman–Crippen LogP) is 1.38. The van der Waals surface area contributed by atoms with Crippen molar-refractivity contribution in [1.29, 1.82) is 0 Å². The van der Waals surface area contributed by atoms with E-state index in [1.54, 1.807) is 30.3 Å². The number of rotatable bonds is 8. The van der Waals surface area contributed by atoms with Gasteiger partial charge in [-0.15, -0.1) is 0 Å². The van der Waals surface area contributed by atoms with E-state index in [-0.39, 0.29) is 37.7 Å². The molecule has 1 aliphatic rings. The van der Waals surface area contributed by atoms with Crippen LogP contribution in [0.1, 0.15) is 12.5 Å². The molecule has 1 aliphatic heterocycles. The molecule has 8 nitrogen and oxygen atoms in total. The maximum absolute atomic E-state index is 13.2. The number of amides is 2. The van der Waals surface area contributed by atoms with Crippen LogP contribution in [-0.2, 0) is 30.9 Å². The van der Waals surface area contributed by atoms with Gasteiger partial charge in [0.1, 0.15) is 11.4 Å². The highest BCUT2D eigenvalue weighted by Crippen LogP contribution is 2.27. The number of carbonyl (C=O) groups excluding carboxylic acids is 2. The summed E-state index contributed by atoms with van der Waals surface area (Å²) < 4.78 is 45.5. The first-order valence-electron chi connectivity index (χ1n) is 10.1. The van der Waals surface area contributed by atoms with E-state index in [0.29, 0.717) is 5.56 Å². The van der Waals surface area contributed by atoms with Crippen molar-refractivity contribution in [3.63, 3.8) is 0 Å². The molecular weight excluding hydrogens is 437 g/mol. The summed E-state index contributed by atoms with van der Waals surface area (Å²) in [5.41, 5.74) is -0.793. The number of halogens is 1. The molecule has 1 N–H and O–H groups in total. The zero-order valence-corrected chi connectivity index (χ0v) is 18.8. The minimum Gasteiger partial charge on any atom is -0.383 e. The van der Waals surface area contributed by atoms with E-state index in [1.165, 1.54) is 43.2 Å². The largest absolute Gasteiger partial charge is 0.383 e. The van der Waals surface area contributed by atoms with E-state index in [0.717, 1.165) is 4.31 Å². The molecule has 1 saturated heterocycles. The van der Waals surface area contributed by atoms with E-state index in [2.05, 4.69) is 5.32 Å². The van der Waals surface area contributed by atoms with Crippen LogP contribution in [0.4, 0.5) is 4.39 Å². The maximum atomic E-state index is 13.2. The second-order valence-corrected chi connectivity index (χ2v) is 9.65. The summed E-state index contributed by atoms with van der Waals surface area (Å²) in [6.45, 7) is 1.38. The minimum absolute atomic E-state index is 0.0483. The second kappa shape index (κ2) is 9.76. The van der Waals surface area contributed by atoms with Gasteiger partial charge < -0.3 is 15.0 Å². The van der Waals surface area contributed by atoms with Crippen LogP contribution in [0.25, 0.3) is 0 Å². The van der Waals surface area contributed by atoms with Gasteiger partial charge in [-0.1, -0.05) is 30.3 Å². The highest BCUT2D eigenvalue weighted by atomic mass is 32.2. The maximum Gasteiger partial charge on any atom is 0.247 e. The Balaban J connectivity index is 1.87. The molecule has 2 aromatic rings. The standard InChI is InChI=1S/C22H26FN3O5S/c1-22(21(28)24-14-17-8-10-18(23)11-9-17)16-25(15-20(27)26(22)12-13-31-2)32(29,30)19-6-4-3-5-7-19/h3-11H,12-16H2,1-2H3,(H,24,28)/t22-/m0/s1. The average molecular weight is 464 g/mol. The molecule has 32 heavy (non-hydrogen) atoms. The second-order valence-electron chi connectivity index (χ2n) is 7.71. The van der Waals surface area contributed by atoms with Crippen molar-refractivity contribution in [2.45, 2.75) is 23.9 Å². The van der Waals surface area contributed by atoms with Gasteiger partial charge in [0, 0.05) is 26.7 Å². The lowest BCUT2D eigenvalue weighted by molar-refractivity contribution is -0.153. The first-order valence-corrected chi connectivity index (χ1v) is 11.5. The number of ether oxygens (including phenoxy) is 1. The van der Waals surface area contributed by atoms with Gasteiger partial charge in [0.05, 0.1) is 18.0 Å². The fourth-order valence-electron chi connectivity index (χ4n) is 3.63. The highest BCUT2D eigenvalue weighted by Gasteiger charge is 2.50. The van der Waals surface area contributed by atoms with Crippen LogP contribution in [-0.4, -0.2) is 68.3 Å². The van der Waals surface area contributed by atoms with Gasteiger partial charge in [0.25, 0.3) is 0 Å². The van der Waals surface area contributed by atoms with Crippen molar-refractivity contribution in [3.8, 4) is 0 Å². The summed E-state index contributed by atoms with van der Waals surface area (Å²) >= 11 is 0. The molecule has 0 radical (unpaired) electrons. The molecule has 0 spiro atoms. The Hall–Kier alpha value is -2.82. The molecule has 0 aromatic heterocycles. The van der Waals surface area contributed by atoms with Crippen molar-refractivity contribution in [2.75, 3.05) is 33.4 Å². The van der Waals surface area contributed by atoms with Crippen LogP contribution >= 0.6 is 0 Å². The topological polar surface area (TPSA) is 96.0 Å². The van der Waals surface area contributed by atoms with Gasteiger partial charge in [-0.05, 0) is 36.8 Å². The van der Waals surface area contributed by atoms with Crippen molar-refractivity contribution in [2.24, 2.45) is 0 Å². The summed E-state index contributed by atoms with van der Waals surface area (Å²) in [7, 11) is -2.50. The van der Waals surface area contributed by atoms with E-state index >= 15 is 0 Å². The first-order chi connectivity index (χ1) is 15.2. The molecular formula is C22H26FN3O5S. The average Bonchev–Trinajstić information content (AvgIpc) is 2.78. The van der Waals surface area contributed by atoms with Crippen LogP contribution in [0.2, 0.25) is 0 Å². The molecule has 0 saturated carbocycles. The summed E-state index contributed by atoms with van der Waals surface area (Å²) in [6, 6.07) is 13.4. The fourth-order valence-corrected chi connectivity index (χ4v) is 5.13. The van der Waals surface area contributed by atoms with Gasteiger partial charge in [-0.2, -0.15) is 4.31 Å². The molecule has 1 atom stereocenters. The SMILES string of the molecule is COCCN1C(=O)CN(S(=O)(=O)c2ccccc2)C[C@@]1(C)C(=O)NCc1ccc(F)cc1. The van der Waals surface area contributed by atoms with Gasteiger partial charge in [0.15, 0.2) is 0 Å². The molecule has 2 aromatic carbocycles. The molecule has 0 bridgehead atoms. The summed E-state index contributed by atoms with van der Waals surface area (Å²) in [5.74, 6) is -1.40. The summed E-state index contributed by atoms with van der Waals surface area (Å²) in [6.07, 6.45) is 0. The molecule has 1 heterocycles. The zero-order valence-electron chi connectivity index (χ0n) is 18.0. The predicted molar refractivity (Wildman–Crippen MR) is 115 cm³/mol. The van der Waals surface area contributed by atoms with Gasteiger partial charge in [-0.3, -0.25) is 9.59 Å². The number of carbonyl (C=O) groups is 2. The number of hydrogen-bond acceptors (Lipinski definition) is 5. The molecule has 1 fully saturated rings. The highest BCUT2D eigenvalue weighted by molar-refractivity contribution is 7.89. The monoisotopic (exact) mass is 463 g/mol. The van der Waals surface area contributed by atoms with Gasteiger partial charge >= 0.3 is 0 Å². The number of sulfonamides is 1.